The van der Waals surface area contributed by atoms with E-state index in [2.05, 4.69) is 56.8 Å². The molecule has 2 aromatic rings. The Morgan fingerprint density at radius 3 is 2.62 bits per heavy atom. The highest BCUT2D eigenvalue weighted by Crippen LogP contribution is 2.31. The number of rotatable bonds is 2. The van der Waals surface area contributed by atoms with E-state index in [0.717, 1.165) is 0 Å². The highest BCUT2D eigenvalue weighted by Gasteiger charge is 2.23. The number of nitrogens with zero attached hydrogens (tertiary/aromatic N) is 1. The maximum atomic E-state index is 5.87. The molecule has 0 radical (unpaired) electrons. The standard InChI is InChI=1S/C14H20N2/c1-10-5-6-13-11(7-10)12(8-16(13)4)14(2,3)9-15/h5-8H,9,15H2,1-4H3. The lowest BCUT2D eigenvalue weighted by atomic mass is 9.84. The van der Waals surface area contributed by atoms with E-state index in [1.54, 1.807) is 0 Å². The van der Waals surface area contributed by atoms with Gasteiger partial charge in [0.05, 0.1) is 0 Å². The van der Waals surface area contributed by atoms with E-state index in [1.807, 2.05) is 0 Å². The number of aromatic nitrogens is 1. The Kier molecular flexibility index (Phi) is 2.55. The van der Waals surface area contributed by atoms with Crippen molar-refractivity contribution < 1.29 is 0 Å². The number of benzene rings is 1. The van der Waals surface area contributed by atoms with Crippen molar-refractivity contribution in [3.8, 4) is 0 Å². The first kappa shape index (κ1) is 11.2. The van der Waals surface area contributed by atoms with Gasteiger partial charge in [-0.15, -0.1) is 0 Å². The molecular weight excluding hydrogens is 196 g/mol. The van der Waals surface area contributed by atoms with Crippen molar-refractivity contribution in [2.24, 2.45) is 12.8 Å². The maximum Gasteiger partial charge on any atom is 0.0480 e. The Balaban J connectivity index is 2.75. The zero-order valence-electron chi connectivity index (χ0n) is 10.5. The summed E-state index contributed by atoms with van der Waals surface area (Å²) in [6.45, 7) is 7.19. The molecule has 0 amide bonds. The Morgan fingerprint density at radius 2 is 2.00 bits per heavy atom. The summed E-state index contributed by atoms with van der Waals surface area (Å²) >= 11 is 0. The minimum Gasteiger partial charge on any atom is -0.350 e. The van der Waals surface area contributed by atoms with Crippen LogP contribution in [0.15, 0.2) is 24.4 Å². The van der Waals surface area contributed by atoms with E-state index < -0.39 is 0 Å². The van der Waals surface area contributed by atoms with Crippen LogP contribution in [0.4, 0.5) is 0 Å². The first-order valence-electron chi connectivity index (χ1n) is 5.72. The van der Waals surface area contributed by atoms with Crippen LogP contribution in [0.3, 0.4) is 0 Å². The van der Waals surface area contributed by atoms with Gasteiger partial charge in [0, 0.05) is 36.1 Å². The van der Waals surface area contributed by atoms with Crippen LogP contribution < -0.4 is 5.73 Å². The highest BCUT2D eigenvalue weighted by atomic mass is 14.9. The SMILES string of the molecule is Cc1ccc2c(c1)c(C(C)(C)CN)cn2C. The third-order valence-electron chi connectivity index (χ3n) is 3.38. The average molecular weight is 216 g/mol. The Labute approximate surface area is 97.1 Å². The van der Waals surface area contributed by atoms with Crippen molar-refractivity contribution in [2.45, 2.75) is 26.2 Å². The molecule has 2 rings (SSSR count). The summed E-state index contributed by atoms with van der Waals surface area (Å²) in [6.07, 6.45) is 2.21. The van der Waals surface area contributed by atoms with Crippen LogP contribution in [-0.2, 0) is 12.5 Å². The third kappa shape index (κ3) is 1.63. The average Bonchev–Trinajstić information content (AvgIpc) is 2.56. The monoisotopic (exact) mass is 216 g/mol. The van der Waals surface area contributed by atoms with E-state index in [4.69, 9.17) is 5.73 Å². The van der Waals surface area contributed by atoms with Gasteiger partial charge in [-0.2, -0.15) is 0 Å². The number of aryl methyl sites for hydroxylation is 2. The van der Waals surface area contributed by atoms with Gasteiger partial charge in [-0.3, -0.25) is 0 Å². The van der Waals surface area contributed by atoms with Crippen molar-refractivity contribution in [1.82, 2.24) is 4.57 Å². The number of hydrogen-bond acceptors (Lipinski definition) is 1. The fraction of sp³-hybridized carbons (Fsp3) is 0.429. The minimum absolute atomic E-state index is 0.0350. The quantitative estimate of drug-likeness (QED) is 0.822. The predicted octanol–water partition coefficient (Wildman–Crippen LogP) is 2.72. The lowest BCUT2D eigenvalue weighted by Gasteiger charge is -2.21. The number of hydrogen-bond donors (Lipinski definition) is 1. The van der Waals surface area contributed by atoms with Crippen molar-refractivity contribution in [3.05, 3.63) is 35.5 Å². The second-order valence-corrected chi connectivity index (χ2v) is 5.26. The van der Waals surface area contributed by atoms with Gasteiger partial charge in [0.25, 0.3) is 0 Å². The van der Waals surface area contributed by atoms with E-state index in [9.17, 15) is 0 Å². The molecule has 86 valence electrons. The lowest BCUT2D eigenvalue weighted by Crippen LogP contribution is -2.27. The van der Waals surface area contributed by atoms with Crippen molar-refractivity contribution >= 4 is 10.9 Å². The molecule has 1 aromatic carbocycles. The summed E-state index contributed by atoms with van der Waals surface area (Å²) in [5.74, 6) is 0. The molecule has 0 aliphatic rings. The van der Waals surface area contributed by atoms with Crippen molar-refractivity contribution in [3.63, 3.8) is 0 Å². The Morgan fingerprint density at radius 1 is 1.31 bits per heavy atom. The molecule has 0 atom stereocenters. The molecule has 0 unspecified atom stereocenters. The summed E-state index contributed by atoms with van der Waals surface area (Å²) in [6, 6.07) is 6.59. The molecule has 0 aliphatic heterocycles. The highest BCUT2D eigenvalue weighted by molar-refractivity contribution is 5.85. The van der Waals surface area contributed by atoms with Gasteiger partial charge in [-0.05, 0) is 24.6 Å². The van der Waals surface area contributed by atoms with Gasteiger partial charge < -0.3 is 10.3 Å². The molecule has 0 saturated heterocycles. The molecule has 0 bridgehead atoms. The minimum atomic E-state index is 0.0350. The summed E-state index contributed by atoms with van der Waals surface area (Å²) in [5.41, 5.74) is 9.82. The molecule has 2 N–H and O–H groups in total. The van der Waals surface area contributed by atoms with Gasteiger partial charge >= 0.3 is 0 Å². The van der Waals surface area contributed by atoms with Crippen LogP contribution in [0.25, 0.3) is 10.9 Å². The fourth-order valence-corrected chi connectivity index (χ4v) is 2.16. The molecular formula is C14H20N2. The summed E-state index contributed by atoms with van der Waals surface area (Å²) in [7, 11) is 2.09. The molecule has 16 heavy (non-hydrogen) atoms. The van der Waals surface area contributed by atoms with Crippen LogP contribution >= 0.6 is 0 Å². The van der Waals surface area contributed by atoms with Crippen LogP contribution in [0, 0.1) is 6.92 Å². The number of nitrogens with two attached hydrogens (primary N) is 1. The molecule has 0 saturated carbocycles. The van der Waals surface area contributed by atoms with E-state index in [1.165, 1.54) is 22.0 Å². The summed E-state index contributed by atoms with van der Waals surface area (Å²) in [5, 5.41) is 1.33. The molecule has 1 aromatic heterocycles. The largest absolute Gasteiger partial charge is 0.350 e. The molecule has 0 fully saturated rings. The van der Waals surface area contributed by atoms with Crippen molar-refractivity contribution in [1.29, 1.82) is 0 Å². The van der Waals surface area contributed by atoms with E-state index >= 15 is 0 Å². The van der Waals surface area contributed by atoms with Crippen LogP contribution in [0.1, 0.15) is 25.0 Å². The first-order valence-corrected chi connectivity index (χ1v) is 5.72. The van der Waals surface area contributed by atoms with Crippen LogP contribution in [0.2, 0.25) is 0 Å². The van der Waals surface area contributed by atoms with Crippen molar-refractivity contribution in [2.75, 3.05) is 6.54 Å². The topological polar surface area (TPSA) is 30.9 Å². The summed E-state index contributed by atoms with van der Waals surface area (Å²) < 4.78 is 2.18. The van der Waals surface area contributed by atoms with Gasteiger partial charge in [0.2, 0.25) is 0 Å². The third-order valence-corrected chi connectivity index (χ3v) is 3.38. The smallest absolute Gasteiger partial charge is 0.0480 e. The lowest BCUT2D eigenvalue weighted by molar-refractivity contribution is 0.542. The molecule has 2 heteroatoms. The number of fused-ring (bicyclic) bond motifs is 1. The molecule has 0 aliphatic carbocycles. The second kappa shape index (κ2) is 3.63. The molecule has 2 nitrogen and oxygen atoms in total. The fourth-order valence-electron chi connectivity index (χ4n) is 2.16. The van der Waals surface area contributed by atoms with E-state index in [-0.39, 0.29) is 5.41 Å². The Hall–Kier alpha value is -1.28. The summed E-state index contributed by atoms with van der Waals surface area (Å²) in [4.78, 5) is 0. The van der Waals surface area contributed by atoms with Crippen LogP contribution in [0.5, 0.6) is 0 Å². The zero-order chi connectivity index (χ0) is 11.9. The van der Waals surface area contributed by atoms with Gasteiger partial charge in [-0.1, -0.05) is 25.5 Å². The van der Waals surface area contributed by atoms with Gasteiger partial charge in [-0.25, -0.2) is 0 Å². The van der Waals surface area contributed by atoms with Gasteiger partial charge in [0.15, 0.2) is 0 Å². The normalized spacial score (nSPS) is 12.3. The Bertz CT molecular complexity index is 521. The van der Waals surface area contributed by atoms with Gasteiger partial charge in [0.1, 0.15) is 0 Å². The predicted molar refractivity (Wildman–Crippen MR) is 69.7 cm³/mol. The first-order chi connectivity index (χ1) is 7.45. The molecule has 0 spiro atoms. The van der Waals surface area contributed by atoms with Crippen LogP contribution in [-0.4, -0.2) is 11.1 Å². The zero-order valence-corrected chi connectivity index (χ0v) is 10.5. The van der Waals surface area contributed by atoms with E-state index in [0.29, 0.717) is 6.54 Å². The second-order valence-electron chi connectivity index (χ2n) is 5.26. The molecule has 1 heterocycles. The maximum absolute atomic E-state index is 5.87.